The predicted molar refractivity (Wildman–Crippen MR) is 83.5 cm³/mol. The van der Waals surface area contributed by atoms with Gasteiger partial charge in [0.15, 0.2) is 0 Å². The molecule has 0 aromatic carbocycles. The van der Waals surface area contributed by atoms with E-state index in [-0.39, 0.29) is 5.91 Å². The highest BCUT2D eigenvalue weighted by atomic mass is 32.1. The number of rotatable bonds is 3. The van der Waals surface area contributed by atoms with Crippen molar-refractivity contribution in [2.75, 3.05) is 18.0 Å². The molecular formula is C15H18N4OS. The van der Waals surface area contributed by atoms with E-state index in [4.69, 9.17) is 0 Å². The number of nitrogens with one attached hydrogen (secondary N) is 1. The predicted octanol–water partition coefficient (Wildman–Crippen LogP) is 2.19. The molecule has 2 fully saturated rings. The van der Waals surface area contributed by atoms with Gasteiger partial charge < -0.3 is 10.2 Å². The van der Waals surface area contributed by atoms with E-state index in [1.165, 1.54) is 0 Å². The molecule has 0 atom stereocenters. The van der Waals surface area contributed by atoms with Crippen LogP contribution in [0.2, 0.25) is 0 Å². The molecule has 0 bridgehead atoms. The maximum Gasteiger partial charge on any atom is 0.223 e. The number of fused-ring (bicyclic) bond motifs is 1. The van der Waals surface area contributed by atoms with Crippen molar-refractivity contribution in [1.29, 1.82) is 0 Å². The highest BCUT2D eigenvalue weighted by Crippen LogP contribution is 2.30. The number of anilines is 1. The van der Waals surface area contributed by atoms with Crippen LogP contribution in [0, 0.1) is 5.92 Å². The Morgan fingerprint density at radius 1 is 1.24 bits per heavy atom. The summed E-state index contributed by atoms with van der Waals surface area (Å²) in [7, 11) is 0. The second-order valence-corrected chi connectivity index (χ2v) is 6.78. The van der Waals surface area contributed by atoms with E-state index in [1.807, 2.05) is 0 Å². The van der Waals surface area contributed by atoms with Gasteiger partial charge in [-0.05, 0) is 37.1 Å². The zero-order valence-corrected chi connectivity index (χ0v) is 12.6. The summed E-state index contributed by atoms with van der Waals surface area (Å²) < 4.78 is 0. The molecule has 1 saturated heterocycles. The van der Waals surface area contributed by atoms with Crippen molar-refractivity contribution < 1.29 is 4.79 Å². The number of hydrogen-bond acceptors (Lipinski definition) is 5. The van der Waals surface area contributed by atoms with Gasteiger partial charge in [-0.15, -0.1) is 11.3 Å². The smallest absolute Gasteiger partial charge is 0.223 e. The minimum atomic E-state index is 0.260. The van der Waals surface area contributed by atoms with Crippen molar-refractivity contribution in [3.8, 4) is 0 Å². The van der Waals surface area contributed by atoms with Crippen LogP contribution in [0.25, 0.3) is 10.2 Å². The van der Waals surface area contributed by atoms with Crippen LogP contribution < -0.4 is 10.2 Å². The molecular weight excluding hydrogens is 284 g/mol. The fourth-order valence-corrected chi connectivity index (χ4v) is 3.66. The molecule has 3 heterocycles. The number of nitrogens with zero attached hydrogens (tertiary/aromatic N) is 3. The van der Waals surface area contributed by atoms with Crippen LogP contribution >= 0.6 is 11.3 Å². The van der Waals surface area contributed by atoms with Gasteiger partial charge >= 0.3 is 0 Å². The van der Waals surface area contributed by atoms with Gasteiger partial charge in [0.2, 0.25) is 5.91 Å². The van der Waals surface area contributed by atoms with Gasteiger partial charge in [0.25, 0.3) is 0 Å². The number of carbonyl (C=O) groups excluding carboxylic acids is 1. The Morgan fingerprint density at radius 3 is 2.81 bits per heavy atom. The van der Waals surface area contributed by atoms with Crippen LogP contribution in [0.3, 0.4) is 0 Å². The molecule has 1 aliphatic heterocycles. The number of piperidine rings is 1. The maximum absolute atomic E-state index is 11.8. The third-order valence-electron chi connectivity index (χ3n) is 4.33. The van der Waals surface area contributed by atoms with Crippen LogP contribution in [0.15, 0.2) is 17.8 Å². The molecule has 1 aliphatic carbocycles. The summed E-state index contributed by atoms with van der Waals surface area (Å²) in [6.45, 7) is 1.88. The Kier molecular flexibility index (Phi) is 3.25. The fourth-order valence-electron chi connectivity index (χ4n) is 2.93. The first-order chi connectivity index (χ1) is 10.3. The molecule has 6 heteroatoms. The third kappa shape index (κ3) is 2.60. The van der Waals surface area contributed by atoms with E-state index in [1.54, 1.807) is 17.7 Å². The largest absolute Gasteiger partial charge is 0.356 e. The summed E-state index contributed by atoms with van der Waals surface area (Å²) in [5.41, 5.74) is 0. The zero-order chi connectivity index (χ0) is 14.2. The molecule has 0 spiro atoms. The second-order valence-electron chi connectivity index (χ2n) is 5.88. The number of amides is 1. The summed E-state index contributed by atoms with van der Waals surface area (Å²) >= 11 is 1.65. The number of aromatic nitrogens is 2. The van der Waals surface area contributed by atoms with Crippen molar-refractivity contribution in [3.05, 3.63) is 17.8 Å². The Balaban J connectivity index is 1.42. The molecule has 4 rings (SSSR count). The standard InChI is InChI=1S/C15H18N4OS/c20-14(10-1-2-10)18-11-3-6-19(7-4-11)13-12-5-8-21-15(12)17-9-16-13/h5,8-11H,1-4,6-7H2,(H,18,20). The van der Waals surface area contributed by atoms with Crippen LogP contribution in [0.4, 0.5) is 5.82 Å². The average molecular weight is 302 g/mol. The first kappa shape index (κ1) is 13.0. The minimum Gasteiger partial charge on any atom is -0.356 e. The summed E-state index contributed by atoms with van der Waals surface area (Å²) in [5.74, 6) is 1.60. The van der Waals surface area contributed by atoms with Crippen molar-refractivity contribution in [1.82, 2.24) is 15.3 Å². The average Bonchev–Trinajstić information content (AvgIpc) is 3.25. The van der Waals surface area contributed by atoms with Gasteiger partial charge in [-0.1, -0.05) is 0 Å². The zero-order valence-electron chi connectivity index (χ0n) is 11.8. The van der Waals surface area contributed by atoms with Gasteiger partial charge in [-0.25, -0.2) is 9.97 Å². The van der Waals surface area contributed by atoms with E-state index < -0.39 is 0 Å². The van der Waals surface area contributed by atoms with Crippen LogP contribution in [-0.2, 0) is 4.79 Å². The Labute approximate surface area is 127 Å². The molecule has 1 N–H and O–H groups in total. The highest BCUT2D eigenvalue weighted by Gasteiger charge is 2.32. The van der Waals surface area contributed by atoms with E-state index in [9.17, 15) is 4.79 Å². The Hall–Kier alpha value is -1.69. The molecule has 1 amide bonds. The lowest BCUT2D eigenvalue weighted by atomic mass is 10.0. The first-order valence-electron chi connectivity index (χ1n) is 7.55. The monoisotopic (exact) mass is 302 g/mol. The third-order valence-corrected chi connectivity index (χ3v) is 5.15. The SMILES string of the molecule is O=C(NC1CCN(c2ncnc3sccc23)CC1)C1CC1. The molecule has 110 valence electrons. The molecule has 0 unspecified atom stereocenters. The molecule has 2 aromatic heterocycles. The lowest BCUT2D eigenvalue weighted by molar-refractivity contribution is -0.123. The normalized spacial score (nSPS) is 19.9. The molecule has 5 nitrogen and oxygen atoms in total. The van der Waals surface area contributed by atoms with Crippen LogP contribution in [-0.4, -0.2) is 35.0 Å². The lowest BCUT2D eigenvalue weighted by Crippen LogP contribution is -2.45. The summed E-state index contributed by atoms with van der Waals surface area (Å²) in [5, 5.41) is 6.39. The number of thiophene rings is 1. The summed E-state index contributed by atoms with van der Waals surface area (Å²) in [6.07, 6.45) is 5.78. The topological polar surface area (TPSA) is 58.1 Å². The van der Waals surface area contributed by atoms with Gasteiger partial charge in [-0.2, -0.15) is 0 Å². The van der Waals surface area contributed by atoms with Crippen molar-refractivity contribution in [3.63, 3.8) is 0 Å². The van der Waals surface area contributed by atoms with Crippen molar-refractivity contribution >= 4 is 33.3 Å². The van der Waals surface area contributed by atoms with Crippen LogP contribution in [0.1, 0.15) is 25.7 Å². The molecule has 0 radical (unpaired) electrons. The molecule has 21 heavy (non-hydrogen) atoms. The van der Waals surface area contributed by atoms with Gasteiger partial charge in [0.1, 0.15) is 17.0 Å². The van der Waals surface area contributed by atoms with Crippen molar-refractivity contribution in [2.45, 2.75) is 31.7 Å². The number of carbonyl (C=O) groups is 1. The van der Waals surface area contributed by atoms with Crippen LogP contribution in [0.5, 0.6) is 0 Å². The first-order valence-corrected chi connectivity index (χ1v) is 8.43. The second kappa shape index (κ2) is 5.26. The van der Waals surface area contributed by atoms with Gasteiger partial charge in [0, 0.05) is 25.0 Å². The van der Waals surface area contributed by atoms with Crippen molar-refractivity contribution in [2.24, 2.45) is 5.92 Å². The summed E-state index contributed by atoms with van der Waals surface area (Å²) in [6, 6.07) is 2.42. The van der Waals surface area contributed by atoms with E-state index in [2.05, 4.69) is 31.6 Å². The highest BCUT2D eigenvalue weighted by molar-refractivity contribution is 7.16. The molecule has 2 aliphatic rings. The van der Waals surface area contributed by atoms with Gasteiger partial charge in [-0.3, -0.25) is 4.79 Å². The van der Waals surface area contributed by atoms with E-state index >= 15 is 0 Å². The molecule has 2 aromatic rings. The summed E-state index contributed by atoms with van der Waals surface area (Å²) in [4.78, 5) is 23.9. The molecule has 1 saturated carbocycles. The lowest BCUT2D eigenvalue weighted by Gasteiger charge is -2.33. The van der Waals surface area contributed by atoms with E-state index in [0.717, 1.165) is 54.8 Å². The van der Waals surface area contributed by atoms with Gasteiger partial charge in [0.05, 0.1) is 5.39 Å². The van der Waals surface area contributed by atoms with E-state index in [0.29, 0.717) is 12.0 Å². The number of hydrogen-bond donors (Lipinski definition) is 1. The Bertz CT molecular complexity index is 658. The maximum atomic E-state index is 11.8. The quantitative estimate of drug-likeness (QED) is 0.944. The minimum absolute atomic E-state index is 0.260. The Morgan fingerprint density at radius 2 is 2.05 bits per heavy atom. The fraction of sp³-hybridized carbons (Fsp3) is 0.533.